The lowest BCUT2D eigenvalue weighted by Crippen LogP contribution is -2.61. The Bertz CT molecular complexity index is 334. The Morgan fingerprint density at radius 1 is 1.06 bits per heavy atom. The second-order valence-corrected chi connectivity index (χ2v) is 7.09. The summed E-state index contributed by atoms with van der Waals surface area (Å²) in [4.78, 5) is 16.2. The monoisotopic (exact) mass is 252 g/mol. The molecule has 102 valence electrons. The molecule has 3 rings (SSSR count). The molecule has 1 amide bonds. The summed E-state index contributed by atoms with van der Waals surface area (Å²) in [5.74, 6) is 1.54. The standard InChI is InChI=1S/C14H24N2O2/c1-14(2,3)18-13(17)16-8-11(9-16)10-6-15(7-10)12-4-5-12/h10-12H,4-9H2,1-3H3. The summed E-state index contributed by atoms with van der Waals surface area (Å²) in [6.45, 7) is 10.1. The van der Waals surface area contributed by atoms with Crippen LogP contribution in [0.4, 0.5) is 4.79 Å². The first-order valence-electron chi connectivity index (χ1n) is 7.14. The van der Waals surface area contributed by atoms with Crippen LogP contribution >= 0.6 is 0 Å². The third-order valence-corrected chi connectivity index (χ3v) is 4.23. The Kier molecular flexibility index (Phi) is 2.81. The molecular formula is C14H24N2O2. The molecule has 0 aromatic heterocycles. The van der Waals surface area contributed by atoms with E-state index in [1.165, 1.54) is 25.9 Å². The number of nitrogens with zero attached hydrogens (tertiary/aromatic N) is 2. The van der Waals surface area contributed by atoms with Crippen molar-refractivity contribution >= 4 is 6.09 Å². The van der Waals surface area contributed by atoms with Gasteiger partial charge >= 0.3 is 6.09 Å². The van der Waals surface area contributed by atoms with Gasteiger partial charge in [-0.15, -0.1) is 0 Å². The maximum atomic E-state index is 11.8. The van der Waals surface area contributed by atoms with E-state index >= 15 is 0 Å². The number of amides is 1. The molecule has 0 atom stereocenters. The van der Waals surface area contributed by atoms with Crippen molar-refractivity contribution in [1.29, 1.82) is 0 Å². The minimum absolute atomic E-state index is 0.142. The highest BCUT2D eigenvalue weighted by Crippen LogP contribution is 2.38. The molecule has 2 aliphatic heterocycles. The molecule has 0 unspecified atom stereocenters. The van der Waals surface area contributed by atoms with Gasteiger partial charge in [0.1, 0.15) is 5.60 Å². The predicted octanol–water partition coefficient (Wildman–Crippen LogP) is 1.95. The first-order chi connectivity index (χ1) is 8.42. The van der Waals surface area contributed by atoms with Crippen molar-refractivity contribution in [3.8, 4) is 0 Å². The molecule has 1 saturated carbocycles. The zero-order chi connectivity index (χ0) is 12.9. The minimum Gasteiger partial charge on any atom is -0.444 e. The second-order valence-electron chi connectivity index (χ2n) is 7.09. The highest BCUT2D eigenvalue weighted by Gasteiger charge is 2.45. The fraction of sp³-hybridized carbons (Fsp3) is 0.929. The van der Waals surface area contributed by atoms with E-state index in [4.69, 9.17) is 4.74 Å². The lowest BCUT2D eigenvalue weighted by molar-refractivity contribution is -0.0411. The summed E-state index contributed by atoms with van der Waals surface area (Å²) < 4.78 is 5.37. The zero-order valence-electron chi connectivity index (χ0n) is 11.7. The first kappa shape index (κ1) is 12.3. The highest BCUT2D eigenvalue weighted by atomic mass is 16.6. The van der Waals surface area contributed by atoms with Gasteiger partial charge in [-0.25, -0.2) is 4.79 Å². The summed E-state index contributed by atoms with van der Waals surface area (Å²) in [6.07, 6.45) is 2.67. The van der Waals surface area contributed by atoms with Gasteiger partial charge in [-0.3, -0.25) is 4.90 Å². The lowest BCUT2D eigenvalue weighted by atomic mass is 9.80. The molecule has 4 heteroatoms. The zero-order valence-corrected chi connectivity index (χ0v) is 11.7. The van der Waals surface area contributed by atoms with E-state index in [0.29, 0.717) is 5.92 Å². The van der Waals surface area contributed by atoms with Crippen LogP contribution in [0.25, 0.3) is 0 Å². The van der Waals surface area contributed by atoms with Gasteiger partial charge in [0.05, 0.1) is 0 Å². The quantitative estimate of drug-likeness (QED) is 0.753. The molecule has 0 radical (unpaired) electrons. The van der Waals surface area contributed by atoms with Gasteiger partial charge in [-0.05, 0) is 45.4 Å². The highest BCUT2D eigenvalue weighted by molar-refractivity contribution is 5.69. The molecule has 0 aromatic carbocycles. The maximum absolute atomic E-state index is 11.8. The average Bonchev–Trinajstić information content (AvgIpc) is 2.85. The van der Waals surface area contributed by atoms with Crippen LogP contribution in [-0.2, 0) is 4.74 Å². The largest absolute Gasteiger partial charge is 0.444 e. The summed E-state index contributed by atoms with van der Waals surface area (Å²) in [5.41, 5.74) is -0.374. The van der Waals surface area contributed by atoms with Gasteiger partial charge in [0, 0.05) is 32.2 Å². The molecule has 4 nitrogen and oxygen atoms in total. The second kappa shape index (κ2) is 4.12. The Hall–Kier alpha value is -0.770. The molecule has 2 saturated heterocycles. The molecule has 0 bridgehead atoms. The van der Waals surface area contributed by atoms with Crippen molar-refractivity contribution in [2.24, 2.45) is 11.8 Å². The van der Waals surface area contributed by atoms with Crippen molar-refractivity contribution in [1.82, 2.24) is 9.80 Å². The summed E-state index contributed by atoms with van der Waals surface area (Å²) in [6, 6.07) is 0.906. The van der Waals surface area contributed by atoms with Gasteiger partial charge in [0.25, 0.3) is 0 Å². The SMILES string of the molecule is CC(C)(C)OC(=O)N1CC(C2CN(C3CC3)C2)C1. The van der Waals surface area contributed by atoms with Crippen molar-refractivity contribution in [3.63, 3.8) is 0 Å². The number of carbonyl (C=O) groups is 1. The Morgan fingerprint density at radius 2 is 1.61 bits per heavy atom. The van der Waals surface area contributed by atoms with Crippen LogP contribution in [0.1, 0.15) is 33.6 Å². The van der Waals surface area contributed by atoms with Gasteiger partial charge in [-0.2, -0.15) is 0 Å². The molecule has 1 aliphatic carbocycles. The van der Waals surface area contributed by atoms with Gasteiger partial charge in [0.2, 0.25) is 0 Å². The summed E-state index contributed by atoms with van der Waals surface area (Å²) in [7, 11) is 0. The van der Waals surface area contributed by atoms with E-state index in [2.05, 4.69) is 4.90 Å². The molecule has 3 aliphatic rings. The fourth-order valence-corrected chi connectivity index (χ4v) is 2.87. The number of rotatable bonds is 2. The number of likely N-dealkylation sites (tertiary alicyclic amines) is 2. The normalized spacial score (nSPS) is 26.7. The minimum atomic E-state index is -0.374. The van der Waals surface area contributed by atoms with E-state index in [1.807, 2.05) is 25.7 Å². The van der Waals surface area contributed by atoms with Gasteiger partial charge in [0.15, 0.2) is 0 Å². The molecule has 2 heterocycles. The maximum Gasteiger partial charge on any atom is 0.410 e. The number of carbonyl (C=O) groups excluding carboxylic acids is 1. The Balaban J connectivity index is 1.37. The topological polar surface area (TPSA) is 32.8 Å². The molecule has 0 spiro atoms. The molecular weight excluding hydrogens is 228 g/mol. The van der Waals surface area contributed by atoms with Crippen molar-refractivity contribution in [3.05, 3.63) is 0 Å². The molecule has 0 N–H and O–H groups in total. The van der Waals surface area contributed by atoms with E-state index in [0.717, 1.165) is 25.0 Å². The van der Waals surface area contributed by atoms with Crippen LogP contribution in [0.15, 0.2) is 0 Å². The van der Waals surface area contributed by atoms with Crippen molar-refractivity contribution in [2.45, 2.75) is 45.3 Å². The molecule has 3 fully saturated rings. The lowest BCUT2D eigenvalue weighted by Gasteiger charge is -2.50. The third kappa shape index (κ3) is 2.48. The Morgan fingerprint density at radius 3 is 2.11 bits per heavy atom. The smallest absolute Gasteiger partial charge is 0.410 e. The number of hydrogen-bond donors (Lipinski definition) is 0. The van der Waals surface area contributed by atoms with E-state index in [1.54, 1.807) is 0 Å². The molecule has 18 heavy (non-hydrogen) atoms. The van der Waals surface area contributed by atoms with E-state index in [9.17, 15) is 4.79 Å². The van der Waals surface area contributed by atoms with Crippen LogP contribution in [-0.4, -0.2) is 53.7 Å². The van der Waals surface area contributed by atoms with Crippen LogP contribution in [0, 0.1) is 11.8 Å². The van der Waals surface area contributed by atoms with Crippen LogP contribution in [0.5, 0.6) is 0 Å². The van der Waals surface area contributed by atoms with Gasteiger partial charge in [-0.1, -0.05) is 0 Å². The van der Waals surface area contributed by atoms with Crippen molar-refractivity contribution in [2.75, 3.05) is 26.2 Å². The van der Waals surface area contributed by atoms with Crippen LogP contribution in [0.3, 0.4) is 0 Å². The van der Waals surface area contributed by atoms with Crippen LogP contribution in [0.2, 0.25) is 0 Å². The number of ether oxygens (including phenoxy) is 1. The van der Waals surface area contributed by atoms with Crippen LogP contribution < -0.4 is 0 Å². The Labute approximate surface area is 109 Å². The third-order valence-electron chi connectivity index (χ3n) is 4.23. The first-order valence-corrected chi connectivity index (χ1v) is 7.14. The fourth-order valence-electron chi connectivity index (χ4n) is 2.87. The number of hydrogen-bond acceptors (Lipinski definition) is 3. The average molecular weight is 252 g/mol. The predicted molar refractivity (Wildman–Crippen MR) is 69.4 cm³/mol. The summed E-state index contributed by atoms with van der Waals surface area (Å²) in [5, 5.41) is 0. The van der Waals surface area contributed by atoms with E-state index < -0.39 is 0 Å². The van der Waals surface area contributed by atoms with E-state index in [-0.39, 0.29) is 11.7 Å². The summed E-state index contributed by atoms with van der Waals surface area (Å²) >= 11 is 0. The van der Waals surface area contributed by atoms with Gasteiger partial charge < -0.3 is 9.64 Å². The van der Waals surface area contributed by atoms with Crippen molar-refractivity contribution < 1.29 is 9.53 Å². The molecule has 0 aromatic rings.